The van der Waals surface area contributed by atoms with Crippen molar-refractivity contribution in [3.63, 3.8) is 0 Å². The van der Waals surface area contributed by atoms with Crippen molar-refractivity contribution in [3.05, 3.63) is 72.1 Å². The van der Waals surface area contributed by atoms with Crippen molar-refractivity contribution < 1.29 is 0 Å². The van der Waals surface area contributed by atoms with Crippen LogP contribution >= 0.6 is 0 Å². The van der Waals surface area contributed by atoms with Crippen LogP contribution in [0.25, 0.3) is 0 Å². The van der Waals surface area contributed by atoms with E-state index in [2.05, 4.69) is 98.4 Å². The highest BCUT2D eigenvalue weighted by Crippen LogP contribution is 2.36. The van der Waals surface area contributed by atoms with Gasteiger partial charge in [0.1, 0.15) is 6.17 Å². The molecular weight excluding hydrogens is 292 g/mol. The van der Waals surface area contributed by atoms with Crippen molar-refractivity contribution in [2.45, 2.75) is 46.7 Å². The number of benzene rings is 2. The van der Waals surface area contributed by atoms with Gasteiger partial charge in [0.05, 0.1) is 0 Å². The van der Waals surface area contributed by atoms with Crippen LogP contribution in [0.3, 0.4) is 0 Å². The highest BCUT2D eigenvalue weighted by atomic mass is 15.4. The maximum absolute atomic E-state index is 2.44. The van der Waals surface area contributed by atoms with Crippen LogP contribution < -0.4 is 9.80 Å². The van der Waals surface area contributed by atoms with Crippen molar-refractivity contribution in [1.29, 1.82) is 0 Å². The Bertz CT molecular complexity index is 660. The SMILES string of the molecule is CCc1ccccc1N1C=CN(c2ccccc2CC)C1C(C)C. The Morgan fingerprint density at radius 1 is 0.750 bits per heavy atom. The molecule has 2 heteroatoms. The summed E-state index contributed by atoms with van der Waals surface area (Å²) in [6, 6.07) is 17.5. The third-order valence-electron chi connectivity index (χ3n) is 4.86. The second-order valence-corrected chi connectivity index (χ2v) is 6.73. The van der Waals surface area contributed by atoms with Crippen LogP contribution in [-0.4, -0.2) is 6.17 Å². The van der Waals surface area contributed by atoms with Crippen LogP contribution in [0.1, 0.15) is 38.8 Å². The highest BCUT2D eigenvalue weighted by molar-refractivity contribution is 5.66. The molecule has 126 valence electrons. The first kappa shape index (κ1) is 16.6. The zero-order valence-corrected chi connectivity index (χ0v) is 15.2. The van der Waals surface area contributed by atoms with E-state index < -0.39 is 0 Å². The maximum Gasteiger partial charge on any atom is 0.112 e. The number of nitrogens with zero attached hydrogens (tertiary/aromatic N) is 2. The zero-order chi connectivity index (χ0) is 17.1. The molecule has 0 amide bonds. The number of para-hydroxylation sites is 2. The monoisotopic (exact) mass is 320 g/mol. The minimum Gasteiger partial charge on any atom is -0.325 e. The van der Waals surface area contributed by atoms with E-state index in [1.807, 2.05) is 0 Å². The summed E-state index contributed by atoms with van der Waals surface area (Å²) < 4.78 is 0. The van der Waals surface area contributed by atoms with Gasteiger partial charge in [0.15, 0.2) is 0 Å². The average molecular weight is 320 g/mol. The number of hydrogen-bond donors (Lipinski definition) is 0. The molecule has 2 aromatic rings. The number of rotatable bonds is 5. The fourth-order valence-electron chi connectivity index (χ4n) is 3.67. The Morgan fingerprint density at radius 3 is 1.54 bits per heavy atom. The molecule has 0 radical (unpaired) electrons. The number of hydrogen-bond acceptors (Lipinski definition) is 2. The van der Waals surface area contributed by atoms with Gasteiger partial charge >= 0.3 is 0 Å². The molecule has 0 spiro atoms. The highest BCUT2D eigenvalue weighted by Gasteiger charge is 2.32. The lowest BCUT2D eigenvalue weighted by atomic mass is 10.0. The molecule has 2 aromatic carbocycles. The molecule has 0 bridgehead atoms. The Balaban J connectivity index is 2.02. The summed E-state index contributed by atoms with van der Waals surface area (Å²) in [5.41, 5.74) is 5.45. The third kappa shape index (κ3) is 2.93. The standard InChI is InChI=1S/C22H28N2/c1-5-18-11-7-9-13-20(18)23-15-16-24(22(23)17(3)4)21-14-10-8-12-19(21)6-2/h7-17,22H,5-6H2,1-4H3. The van der Waals surface area contributed by atoms with Gasteiger partial charge in [-0.3, -0.25) is 0 Å². The summed E-state index contributed by atoms with van der Waals surface area (Å²) in [6.45, 7) is 9.07. The van der Waals surface area contributed by atoms with E-state index in [0.29, 0.717) is 12.1 Å². The molecule has 1 aliphatic rings. The normalized spacial score (nSPS) is 14.9. The smallest absolute Gasteiger partial charge is 0.112 e. The molecule has 0 N–H and O–H groups in total. The zero-order valence-electron chi connectivity index (χ0n) is 15.2. The Labute approximate surface area is 146 Å². The first-order chi connectivity index (χ1) is 11.7. The first-order valence-corrected chi connectivity index (χ1v) is 9.08. The fourth-order valence-corrected chi connectivity index (χ4v) is 3.67. The van der Waals surface area contributed by atoms with Gasteiger partial charge in [-0.15, -0.1) is 0 Å². The van der Waals surface area contributed by atoms with Crippen LogP contribution in [0, 0.1) is 5.92 Å². The molecule has 3 rings (SSSR count). The van der Waals surface area contributed by atoms with E-state index in [4.69, 9.17) is 0 Å². The molecule has 1 heterocycles. The Kier molecular flexibility index (Phi) is 4.94. The lowest BCUT2D eigenvalue weighted by Gasteiger charge is -2.37. The third-order valence-corrected chi connectivity index (χ3v) is 4.86. The van der Waals surface area contributed by atoms with E-state index >= 15 is 0 Å². The van der Waals surface area contributed by atoms with Crippen molar-refractivity contribution in [1.82, 2.24) is 0 Å². The topological polar surface area (TPSA) is 6.48 Å². The van der Waals surface area contributed by atoms with Gasteiger partial charge in [-0.1, -0.05) is 64.1 Å². The summed E-state index contributed by atoms with van der Waals surface area (Å²) >= 11 is 0. The first-order valence-electron chi connectivity index (χ1n) is 9.08. The van der Waals surface area contributed by atoms with Gasteiger partial charge < -0.3 is 9.80 Å². The van der Waals surface area contributed by atoms with Crippen molar-refractivity contribution >= 4 is 11.4 Å². The minimum absolute atomic E-state index is 0.311. The van der Waals surface area contributed by atoms with Gasteiger partial charge in [0.25, 0.3) is 0 Å². The molecule has 0 unspecified atom stereocenters. The molecule has 0 aliphatic carbocycles. The molecule has 2 nitrogen and oxygen atoms in total. The largest absolute Gasteiger partial charge is 0.325 e. The summed E-state index contributed by atoms with van der Waals surface area (Å²) in [7, 11) is 0. The Morgan fingerprint density at radius 2 is 1.17 bits per heavy atom. The molecule has 0 saturated heterocycles. The van der Waals surface area contributed by atoms with E-state index in [-0.39, 0.29) is 0 Å². The minimum atomic E-state index is 0.311. The molecule has 0 fully saturated rings. The number of anilines is 2. The van der Waals surface area contributed by atoms with Gasteiger partial charge in [-0.2, -0.15) is 0 Å². The molecule has 24 heavy (non-hydrogen) atoms. The van der Waals surface area contributed by atoms with Crippen molar-refractivity contribution in [2.24, 2.45) is 5.92 Å². The lowest BCUT2D eigenvalue weighted by molar-refractivity contribution is 0.500. The fraction of sp³-hybridized carbons (Fsp3) is 0.364. The van der Waals surface area contributed by atoms with Gasteiger partial charge in [-0.25, -0.2) is 0 Å². The van der Waals surface area contributed by atoms with Crippen LogP contribution in [0.4, 0.5) is 11.4 Å². The van der Waals surface area contributed by atoms with E-state index in [0.717, 1.165) is 12.8 Å². The van der Waals surface area contributed by atoms with E-state index in [1.165, 1.54) is 22.5 Å². The van der Waals surface area contributed by atoms with E-state index in [1.54, 1.807) is 0 Å². The van der Waals surface area contributed by atoms with Crippen molar-refractivity contribution in [3.8, 4) is 0 Å². The van der Waals surface area contributed by atoms with Crippen LogP contribution in [-0.2, 0) is 12.8 Å². The summed E-state index contributed by atoms with van der Waals surface area (Å²) in [6.07, 6.45) is 6.90. The van der Waals surface area contributed by atoms with Gasteiger partial charge in [0.2, 0.25) is 0 Å². The Hall–Kier alpha value is -2.22. The predicted octanol–water partition coefficient (Wildman–Crippen LogP) is 5.59. The molecule has 0 saturated carbocycles. The average Bonchev–Trinajstić information content (AvgIpc) is 3.06. The second-order valence-electron chi connectivity index (χ2n) is 6.73. The van der Waals surface area contributed by atoms with Gasteiger partial charge in [-0.05, 0) is 42.0 Å². The van der Waals surface area contributed by atoms with Crippen LogP contribution in [0.2, 0.25) is 0 Å². The van der Waals surface area contributed by atoms with Gasteiger partial charge in [0, 0.05) is 23.8 Å². The quantitative estimate of drug-likeness (QED) is 0.708. The number of aryl methyl sites for hydroxylation is 2. The predicted molar refractivity (Wildman–Crippen MR) is 104 cm³/mol. The summed E-state index contributed by atoms with van der Waals surface area (Å²) in [4.78, 5) is 4.88. The lowest BCUT2D eigenvalue weighted by Crippen LogP contribution is -2.43. The second kappa shape index (κ2) is 7.12. The summed E-state index contributed by atoms with van der Waals surface area (Å²) in [5.74, 6) is 0.509. The van der Waals surface area contributed by atoms with Crippen molar-refractivity contribution in [2.75, 3.05) is 9.80 Å². The molecular formula is C22H28N2. The summed E-state index contributed by atoms with van der Waals surface area (Å²) in [5, 5.41) is 0. The molecule has 1 aliphatic heterocycles. The van der Waals surface area contributed by atoms with Crippen LogP contribution in [0.15, 0.2) is 60.9 Å². The van der Waals surface area contributed by atoms with E-state index in [9.17, 15) is 0 Å². The molecule has 0 aromatic heterocycles. The van der Waals surface area contributed by atoms with Crippen LogP contribution in [0.5, 0.6) is 0 Å². The molecule has 0 atom stereocenters. The maximum atomic E-state index is 2.44.